The van der Waals surface area contributed by atoms with E-state index in [1.54, 1.807) is 0 Å². The van der Waals surface area contributed by atoms with Crippen molar-refractivity contribution in [1.82, 2.24) is 4.98 Å². The molecule has 86 valence electrons. The summed E-state index contributed by atoms with van der Waals surface area (Å²) in [7, 11) is 0. The van der Waals surface area contributed by atoms with Crippen molar-refractivity contribution in [2.45, 2.75) is 18.6 Å². The van der Waals surface area contributed by atoms with Gasteiger partial charge in [0.25, 0.3) is 0 Å². The second-order valence-corrected chi connectivity index (χ2v) is 4.19. The van der Waals surface area contributed by atoms with Crippen LogP contribution in [0.1, 0.15) is 18.1 Å². The van der Waals surface area contributed by atoms with Crippen LogP contribution in [-0.4, -0.2) is 27.2 Å². The van der Waals surface area contributed by atoms with Crippen LogP contribution in [0.5, 0.6) is 0 Å². The Bertz CT molecular complexity index is 469. The van der Waals surface area contributed by atoms with Gasteiger partial charge in [0.1, 0.15) is 6.10 Å². The zero-order valence-corrected chi connectivity index (χ0v) is 9.48. The number of aliphatic hydroxyl groups excluding tert-OH is 2. The van der Waals surface area contributed by atoms with Gasteiger partial charge in [0.15, 0.2) is 0 Å². The SMILES string of the molecule is OC(CCCl)C(O)c1ccc2cc[nH]c2c1. The van der Waals surface area contributed by atoms with Crippen LogP contribution in [0, 0.1) is 0 Å². The van der Waals surface area contributed by atoms with Gasteiger partial charge in [-0.05, 0) is 29.5 Å². The van der Waals surface area contributed by atoms with Gasteiger partial charge in [-0.25, -0.2) is 0 Å². The minimum atomic E-state index is -0.883. The van der Waals surface area contributed by atoms with E-state index in [0.29, 0.717) is 17.9 Å². The molecule has 0 spiro atoms. The van der Waals surface area contributed by atoms with Crippen LogP contribution < -0.4 is 0 Å². The van der Waals surface area contributed by atoms with Gasteiger partial charge in [0.2, 0.25) is 0 Å². The highest BCUT2D eigenvalue weighted by molar-refractivity contribution is 6.17. The number of aromatic nitrogens is 1. The van der Waals surface area contributed by atoms with Crippen molar-refractivity contribution in [3.63, 3.8) is 0 Å². The van der Waals surface area contributed by atoms with Crippen molar-refractivity contribution in [1.29, 1.82) is 0 Å². The molecule has 0 saturated carbocycles. The molecule has 2 rings (SSSR count). The van der Waals surface area contributed by atoms with Crippen molar-refractivity contribution in [2.75, 3.05) is 5.88 Å². The summed E-state index contributed by atoms with van der Waals surface area (Å²) in [6.45, 7) is 0. The maximum absolute atomic E-state index is 9.89. The molecular weight excluding hydrogens is 226 g/mol. The predicted octanol–water partition coefficient (Wildman–Crippen LogP) is 2.19. The van der Waals surface area contributed by atoms with E-state index in [1.807, 2.05) is 30.5 Å². The van der Waals surface area contributed by atoms with Crippen molar-refractivity contribution in [3.8, 4) is 0 Å². The molecule has 2 unspecified atom stereocenters. The normalized spacial score (nSPS) is 15.2. The molecule has 0 amide bonds. The number of aliphatic hydroxyl groups is 2. The number of hydrogen-bond acceptors (Lipinski definition) is 2. The Morgan fingerprint density at radius 3 is 2.81 bits per heavy atom. The molecule has 0 fully saturated rings. The Kier molecular flexibility index (Phi) is 3.49. The lowest BCUT2D eigenvalue weighted by molar-refractivity contribution is 0.0171. The van der Waals surface area contributed by atoms with E-state index in [2.05, 4.69) is 4.98 Å². The number of nitrogens with one attached hydrogen (secondary N) is 1. The third kappa shape index (κ3) is 2.21. The van der Waals surface area contributed by atoms with Crippen molar-refractivity contribution >= 4 is 22.5 Å². The highest BCUT2D eigenvalue weighted by atomic mass is 35.5. The van der Waals surface area contributed by atoms with Gasteiger partial charge in [0.05, 0.1) is 6.10 Å². The number of halogens is 1. The monoisotopic (exact) mass is 239 g/mol. The third-order valence-corrected chi connectivity index (χ3v) is 2.91. The second-order valence-electron chi connectivity index (χ2n) is 3.81. The molecule has 0 aliphatic rings. The van der Waals surface area contributed by atoms with E-state index in [-0.39, 0.29) is 0 Å². The zero-order chi connectivity index (χ0) is 11.5. The molecule has 0 aliphatic heterocycles. The molecule has 1 aromatic carbocycles. The Balaban J connectivity index is 2.24. The number of hydrogen-bond donors (Lipinski definition) is 3. The van der Waals surface area contributed by atoms with Crippen molar-refractivity contribution in [3.05, 3.63) is 36.0 Å². The average molecular weight is 240 g/mol. The Morgan fingerprint density at radius 1 is 1.25 bits per heavy atom. The molecule has 0 bridgehead atoms. The molecule has 0 radical (unpaired) electrons. The van der Waals surface area contributed by atoms with Gasteiger partial charge in [-0.2, -0.15) is 0 Å². The van der Waals surface area contributed by atoms with Crippen LogP contribution >= 0.6 is 11.6 Å². The fraction of sp³-hybridized carbons (Fsp3) is 0.333. The van der Waals surface area contributed by atoms with Crippen LogP contribution in [0.4, 0.5) is 0 Å². The Morgan fingerprint density at radius 2 is 2.06 bits per heavy atom. The van der Waals surface area contributed by atoms with Gasteiger partial charge >= 0.3 is 0 Å². The van der Waals surface area contributed by atoms with Crippen LogP contribution in [-0.2, 0) is 0 Å². The molecule has 2 aromatic rings. The molecule has 16 heavy (non-hydrogen) atoms. The Labute approximate surface area is 98.7 Å². The number of alkyl halides is 1. The van der Waals surface area contributed by atoms with E-state index in [0.717, 1.165) is 10.9 Å². The topological polar surface area (TPSA) is 56.2 Å². The first-order valence-corrected chi connectivity index (χ1v) is 5.75. The van der Waals surface area contributed by atoms with Gasteiger partial charge in [-0.3, -0.25) is 0 Å². The second kappa shape index (κ2) is 4.87. The van der Waals surface area contributed by atoms with Crippen LogP contribution in [0.15, 0.2) is 30.5 Å². The lowest BCUT2D eigenvalue weighted by atomic mass is 10.0. The summed E-state index contributed by atoms with van der Waals surface area (Å²) in [5.74, 6) is 0.336. The maximum Gasteiger partial charge on any atom is 0.105 e. The van der Waals surface area contributed by atoms with E-state index >= 15 is 0 Å². The molecular formula is C12H14ClNO2. The fourth-order valence-electron chi connectivity index (χ4n) is 1.74. The van der Waals surface area contributed by atoms with Gasteiger partial charge in [-0.1, -0.05) is 12.1 Å². The smallest absolute Gasteiger partial charge is 0.105 e. The average Bonchev–Trinajstić information content (AvgIpc) is 2.75. The molecule has 3 N–H and O–H groups in total. The minimum absolute atomic E-state index is 0.336. The summed E-state index contributed by atoms with van der Waals surface area (Å²) < 4.78 is 0. The van der Waals surface area contributed by atoms with Gasteiger partial charge < -0.3 is 15.2 Å². The number of rotatable bonds is 4. The van der Waals surface area contributed by atoms with Crippen LogP contribution in [0.2, 0.25) is 0 Å². The van der Waals surface area contributed by atoms with Crippen molar-refractivity contribution in [2.24, 2.45) is 0 Å². The summed E-state index contributed by atoms with van der Waals surface area (Å²) in [5, 5.41) is 20.6. The number of aromatic amines is 1. The van der Waals surface area contributed by atoms with E-state index < -0.39 is 12.2 Å². The highest BCUT2D eigenvalue weighted by Gasteiger charge is 2.17. The lowest BCUT2D eigenvalue weighted by Crippen LogP contribution is -2.18. The molecule has 0 aliphatic carbocycles. The van der Waals surface area contributed by atoms with Gasteiger partial charge in [-0.15, -0.1) is 11.6 Å². The van der Waals surface area contributed by atoms with Crippen LogP contribution in [0.25, 0.3) is 10.9 Å². The Hall–Kier alpha value is -1.03. The van der Waals surface area contributed by atoms with Gasteiger partial charge in [0, 0.05) is 17.6 Å². The molecule has 3 nitrogen and oxygen atoms in total. The summed E-state index contributed by atoms with van der Waals surface area (Å²) in [5.41, 5.74) is 1.65. The first-order chi connectivity index (χ1) is 7.72. The molecule has 1 heterocycles. The summed E-state index contributed by atoms with van der Waals surface area (Å²) in [4.78, 5) is 3.07. The molecule has 2 atom stereocenters. The van der Waals surface area contributed by atoms with E-state index in [1.165, 1.54) is 0 Å². The minimum Gasteiger partial charge on any atom is -0.390 e. The van der Waals surface area contributed by atoms with Crippen LogP contribution in [0.3, 0.4) is 0 Å². The lowest BCUT2D eigenvalue weighted by Gasteiger charge is -2.17. The third-order valence-electron chi connectivity index (χ3n) is 2.69. The molecule has 1 aromatic heterocycles. The summed E-state index contributed by atoms with van der Waals surface area (Å²) in [6.07, 6.45) is 0.526. The van der Waals surface area contributed by atoms with Crippen molar-refractivity contribution < 1.29 is 10.2 Å². The summed E-state index contributed by atoms with van der Waals surface area (Å²) in [6, 6.07) is 7.54. The maximum atomic E-state index is 9.89. The fourth-order valence-corrected chi connectivity index (χ4v) is 1.96. The number of fused-ring (bicyclic) bond motifs is 1. The highest BCUT2D eigenvalue weighted by Crippen LogP contribution is 2.23. The van der Waals surface area contributed by atoms with E-state index in [4.69, 9.17) is 11.6 Å². The first-order valence-electron chi connectivity index (χ1n) is 5.21. The molecule has 4 heteroatoms. The number of H-pyrrole nitrogens is 1. The quantitative estimate of drug-likeness (QED) is 0.717. The van der Waals surface area contributed by atoms with E-state index in [9.17, 15) is 10.2 Å². The summed E-state index contributed by atoms with van der Waals surface area (Å²) >= 11 is 5.53. The number of benzene rings is 1. The first kappa shape index (κ1) is 11.5. The standard InChI is InChI=1S/C12H14ClNO2/c13-5-3-11(15)12(16)9-2-1-8-4-6-14-10(8)7-9/h1-2,4,6-7,11-12,14-16H,3,5H2. The predicted molar refractivity (Wildman–Crippen MR) is 64.6 cm³/mol. The zero-order valence-electron chi connectivity index (χ0n) is 8.73. The molecule has 0 saturated heterocycles. The largest absolute Gasteiger partial charge is 0.390 e.